The highest BCUT2D eigenvalue weighted by molar-refractivity contribution is 5.97. The molecule has 0 saturated carbocycles. The molecule has 4 heteroatoms. The maximum atomic E-state index is 12.7. The number of anilines is 2. The van der Waals surface area contributed by atoms with Gasteiger partial charge in [-0.3, -0.25) is 9.69 Å². The van der Waals surface area contributed by atoms with Gasteiger partial charge in [0, 0.05) is 37.6 Å². The molecule has 138 valence electrons. The van der Waals surface area contributed by atoms with E-state index >= 15 is 0 Å². The molecular formula is C23H25N3O. The molecule has 4 rings (SSSR count). The number of hydrogen-bond donors (Lipinski definition) is 1. The van der Waals surface area contributed by atoms with E-state index in [1.807, 2.05) is 43.3 Å². The molecule has 0 aromatic heterocycles. The van der Waals surface area contributed by atoms with Crippen molar-refractivity contribution in [3.05, 3.63) is 72.8 Å². The summed E-state index contributed by atoms with van der Waals surface area (Å²) in [5, 5.41) is 5.40. The lowest BCUT2D eigenvalue weighted by atomic mass is 10.1. The third-order valence-corrected chi connectivity index (χ3v) is 5.38. The molecule has 1 saturated heterocycles. The summed E-state index contributed by atoms with van der Waals surface area (Å²) in [5.41, 5.74) is 2.11. The fourth-order valence-corrected chi connectivity index (χ4v) is 3.69. The number of fused-ring (bicyclic) bond motifs is 1. The first-order valence-electron chi connectivity index (χ1n) is 9.54. The number of benzene rings is 3. The molecule has 0 bridgehead atoms. The Labute approximate surface area is 160 Å². The van der Waals surface area contributed by atoms with Gasteiger partial charge in [0.1, 0.15) is 0 Å². The van der Waals surface area contributed by atoms with Crippen LogP contribution in [0.3, 0.4) is 0 Å². The normalized spacial score (nSPS) is 16.3. The van der Waals surface area contributed by atoms with E-state index in [-0.39, 0.29) is 11.9 Å². The molecule has 0 radical (unpaired) electrons. The first kappa shape index (κ1) is 17.6. The standard InChI is InChI=1S/C23H25N3O/c1-18(25-13-15-26(16-14-25)22-9-3-2-4-10-22)23(27)24-21-12-11-19-7-5-6-8-20(19)17-21/h2-12,17-18H,13-16H2,1H3,(H,24,27). The van der Waals surface area contributed by atoms with Gasteiger partial charge in [0.15, 0.2) is 0 Å². The monoisotopic (exact) mass is 359 g/mol. The first-order valence-corrected chi connectivity index (χ1v) is 9.54. The van der Waals surface area contributed by atoms with Crippen molar-refractivity contribution in [3.63, 3.8) is 0 Å². The second-order valence-electron chi connectivity index (χ2n) is 7.09. The number of piperazine rings is 1. The number of hydrogen-bond acceptors (Lipinski definition) is 3. The quantitative estimate of drug-likeness (QED) is 0.765. The number of rotatable bonds is 4. The van der Waals surface area contributed by atoms with Crippen LogP contribution in [0.4, 0.5) is 11.4 Å². The van der Waals surface area contributed by atoms with Gasteiger partial charge in [-0.15, -0.1) is 0 Å². The van der Waals surface area contributed by atoms with Gasteiger partial charge in [0.05, 0.1) is 6.04 Å². The summed E-state index contributed by atoms with van der Waals surface area (Å²) in [6, 6.07) is 24.6. The summed E-state index contributed by atoms with van der Waals surface area (Å²) in [7, 11) is 0. The molecular weight excluding hydrogens is 334 g/mol. The van der Waals surface area contributed by atoms with Crippen LogP contribution in [0.25, 0.3) is 10.8 Å². The average molecular weight is 359 g/mol. The van der Waals surface area contributed by atoms with E-state index in [1.54, 1.807) is 0 Å². The molecule has 0 spiro atoms. The predicted octanol–water partition coefficient (Wildman–Crippen LogP) is 3.99. The second-order valence-corrected chi connectivity index (χ2v) is 7.09. The van der Waals surface area contributed by atoms with Crippen LogP contribution in [0.1, 0.15) is 6.92 Å². The summed E-state index contributed by atoms with van der Waals surface area (Å²) in [6.07, 6.45) is 0. The van der Waals surface area contributed by atoms with Crippen LogP contribution in [-0.2, 0) is 4.79 Å². The summed E-state index contributed by atoms with van der Waals surface area (Å²) in [5.74, 6) is 0.0541. The van der Waals surface area contributed by atoms with Crippen LogP contribution >= 0.6 is 0 Å². The van der Waals surface area contributed by atoms with Crippen molar-refractivity contribution < 1.29 is 4.79 Å². The van der Waals surface area contributed by atoms with Gasteiger partial charge in [-0.25, -0.2) is 0 Å². The molecule has 1 N–H and O–H groups in total. The number of para-hydroxylation sites is 1. The molecule has 27 heavy (non-hydrogen) atoms. The van der Waals surface area contributed by atoms with E-state index in [0.717, 1.165) is 37.3 Å². The van der Waals surface area contributed by atoms with Crippen molar-refractivity contribution in [2.45, 2.75) is 13.0 Å². The van der Waals surface area contributed by atoms with E-state index in [2.05, 4.69) is 51.5 Å². The van der Waals surface area contributed by atoms with Crippen LogP contribution in [-0.4, -0.2) is 43.0 Å². The fraction of sp³-hybridized carbons (Fsp3) is 0.261. The minimum absolute atomic E-state index is 0.0541. The summed E-state index contributed by atoms with van der Waals surface area (Å²) < 4.78 is 0. The Hall–Kier alpha value is -2.85. The van der Waals surface area contributed by atoms with Crippen LogP contribution in [0, 0.1) is 0 Å². The number of nitrogens with zero attached hydrogens (tertiary/aromatic N) is 2. The lowest BCUT2D eigenvalue weighted by molar-refractivity contribution is -0.120. The minimum Gasteiger partial charge on any atom is -0.369 e. The van der Waals surface area contributed by atoms with E-state index in [0.29, 0.717) is 0 Å². The Balaban J connectivity index is 1.36. The molecule has 1 heterocycles. The lowest BCUT2D eigenvalue weighted by Gasteiger charge is -2.38. The van der Waals surface area contributed by atoms with Gasteiger partial charge in [0.25, 0.3) is 0 Å². The molecule has 4 nitrogen and oxygen atoms in total. The average Bonchev–Trinajstić information content (AvgIpc) is 2.74. The number of carbonyl (C=O) groups is 1. The van der Waals surface area contributed by atoms with Crippen molar-refractivity contribution in [1.82, 2.24) is 4.90 Å². The highest BCUT2D eigenvalue weighted by Crippen LogP contribution is 2.20. The number of carbonyl (C=O) groups excluding carboxylic acids is 1. The molecule has 1 atom stereocenters. The van der Waals surface area contributed by atoms with E-state index in [1.165, 1.54) is 11.1 Å². The second kappa shape index (κ2) is 7.80. The topological polar surface area (TPSA) is 35.6 Å². The number of nitrogens with one attached hydrogen (secondary N) is 1. The van der Waals surface area contributed by atoms with Crippen molar-refractivity contribution in [3.8, 4) is 0 Å². The van der Waals surface area contributed by atoms with Gasteiger partial charge in [-0.05, 0) is 42.0 Å². The van der Waals surface area contributed by atoms with Crippen molar-refractivity contribution in [1.29, 1.82) is 0 Å². The van der Waals surface area contributed by atoms with Gasteiger partial charge in [-0.1, -0.05) is 48.5 Å². The van der Waals surface area contributed by atoms with Gasteiger partial charge < -0.3 is 10.2 Å². The molecule has 0 aliphatic carbocycles. The zero-order valence-corrected chi connectivity index (χ0v) is 15.6. The fourth-order valence-electron chi connectivity index (χ4n) is 3.69. The van der Waals surface area contributed by atoms with Crippen LogP contribution in [0.5, 0.6) is 0 Å². The van der Waals surface area contributed by atoms with Gasteiger partial charge in [-0.2, -0.15) is 0 Å². The van der Waals surface area contributed by atoms with Crippen LogP contribution in [0.2, 0.25) is 0 Å². The van der Waals surface area contributed by atoms with Crippen molar-refractivity contribution >= 4 is 28.1 Å². The van der Waals surface area contributed by atoms with E-state index in [9.17, 15) is 4.79 Å². The van der Waals surface area contributed by atoms with Crippen LogP contribution < -0.4 is 10.2 Å². The highest BCUT2D eigenvalue weighted by atomic mass is 16.2. The maximum Gasteiger partial charge on any atom is 0.241 e. The first-order chi connectivity index (χ1) is 13.2. The summed E-state index contributed by atoms with van der Waals surface area (Å²) in [6.45, 7) is 5.66. The molecule has 1 unspecified atom stereocenters. The third kappa shape index (κ3) is 3.96. The molecule has 1 amide bonds. The van der Waals surface area contributed by atoms with Gasteiger partial charge in [0.2, 0.25) is 5.91 Å². The van der Waals surface area contributed by atoms with E-state index in [4.69, 9.17) is 0 Å². The Bertz CT molecular complexity index is 917. The summed E-state index contributed by atoms with van der Waals surface area (Å²) >= 11 is 0. The SMILES string of the molecule is CC(C(=O)Nc1ccc2ccccc2c1)N1CCN(c2ccccc2)CC1. The third-order valence-electron chi connectivity index (χ3n) is 5.38. The van der Waals surface area contributed by atoms with E-state index < -0.39 is 0 Å². The Morgan fingerprint density at radius 2 is 1.52 bits per heavy atom. The lowest BCUT2D eigenvalue weighted by Crippen LogP contribution is -2.52. The number of amides is 1. The minimum atomic E-state index is -0.144. The molecule has 3 aromatic rings. The van der Waals surface area contributed by atoms with Crippen molar-refractivity contribution in [2.24, 2.45) is 0 Å². The maximum absolute atomic E-state index is 12.7. The van der Waals surface area contributed by atoms with Crippen LogP contribution in [0.15, 0.2) is 72.8 Å². The van der Waals surface area contributed by atoms with Gasteiger partial charge >= 0.3 is 0 Å². The Morgan fingerprint density at radius 1 is 0.852 bits per heavy atom. The predicted molar refractivity (Wildman–Crippen MR) is 112 cm³/mol. The zero-order valence-electron chi connectivity index (χ0n) is 15.6. The summed E-state index contributed by atoms with van der Waals surface area (Å²) in [4.78, 5) is 17.4. The Morgan fingerprint density at radius 3 is 2.26 bits per heavy atom. The molecule has 3 aromatic carbocycles. The largest absolute Gasteiger partial charge is 0.369 e. The molecule has 1 aliphatic heterocycles. The Kier molecular flexibility index (Phi) is 5.07. The smallest absolute Gasteiger partial charge is 0.241 e. The van der Waals surface area contributed by atoms with Crippen molar-refractivity contribution in [2.75, 3.05) is 36.4 Å². The molecule has 1 fully saturated rings. The molecule has 1 aliphatic rings. The zero-order chi connectivity index (χ0) is 18.6. The highest BCUT2D eigenvalue weighted by Gasteiger charge is 2.25.